The Bertz CT molecular complexity index is 2040. The summed E-state index contributed by atoms with van der Waals surface area (Å²) in [5.74, 6) is 5.29. The first-order chi connectivity index (χ1) is 23.0. The Labute approximate surface area is 275 Å². The van der Waals surface area contributed by atoms with E-state index in [-0.39, 0.29) is 11.6 Å². The van der Waals surface area contributed by atoms with Crippen molar-refractivity contribution in [2.75, 3.05) is 0 Å². The molecule has 222 valence electrons. The van der Waals surface area contributed by atoms with E-state index in [9.17, 15) is 9.59 Å². The number of benzene rings is 6. The van der Waals surface area contributed by atoms with Crippen LogP contribution in [0.5, 0.6) is 0 Å². The highest BCUT2D eigenvalue weighted by atomic mass is 16.1. The number of hydrogen-bond acceptors (Lipinski definition) is 2. The maximum Gasteiger partial charge on any atom is 0.167 e. The van der Waals surface area contributed by atoms with Crippen molar-refractivity contribution < 1.29 is 9.59 Å². The molecule has 0 unspecified atom stereocenters. The van der Waals surface area contributed by atoms with Gasteiger partial charge in [0.15, 0.2) is 11.6 Å². The Morgan fingerprint density at radius 1 is 0.468 bits per heavy atom. The van der Waals surface area contributed by atoms with Crippen LogP contribution >= 0.6 is 0 Å². The van der Waals surface area contributed by atoms with E-state index in [0.717, 1.165) is 33.4 Å². The fraction of sp³-hybridized carbons (Fsp3) is 0.0667. The van der Waals surface area contributed by atoms with E-state index >= 15 is 0 Å². The summed E-state index contributed by atoms with van der Waals surface area (Å²) in [7, 11) is 0. The second-order valence-electron chi connectivity index (χ2n) is 11.9. The highest BCUT2D eigenvalue weighted by Gasteiger charge is 2.45. The lowest BCUT2D eigenvalue weighted by atomic mass is 9.67. The lowest BCUT2D eigenvalue weighted by molar-refractivity contribution is 0.0984. The van der Waals surface area contributed by atoms with Crippen molar-refractivity contribution in [2.45, 2.75) is 18.3 Å². The molecule has 6 aromatic carbocycles. The van der Waals surface area contributed by atoms with Crippen LogP contribution in [0.1, 0.15) is 65.2 Å². The third-order valence-corrected chi connectivity index (χ3v) is 9.20. The van der Waals surface area contributed by atoms with Crippen LogP contribution in [0.2, 0.25) is 0 Å². The highest BCUT2D eigenvalue weighted by molar-refractivity contribution is 5.98. The number of rotatable bonds is 8. The standard InChI is InChI=1S/C45H30O2/c1-3-31-13-21-35(22-14-31)43(46)29-33-17-25-37(26-18-33)45(41-11-7-5-9-39(41)40-10-6-8-12-42(40)45)38-27-19-34(20-28-38)30-44(47)36-23-15-32(4-2)16-24-36/h1-2,5-28H,29-30H2. The maximum absolute atomic E-state index is 13.1. The lowest BCUT2D eigenvalue weighted by Gasteiger charge is -2.34. The average Bonchev–Trinajstić information content (AvgIpc) is 3.43. The van der Waals surface area contributed by atoms with E-state index in [0.29, 0.717) is 24.0 Å². The number of Topliss-reactive ketones (excluding diaryl/α,β-unsaturated/α-hetero) is 2. The van der Waals surface area contributed by atoms with E-state index in [2.05, 4.69) is 109 Å². The van der Waals surface area contributed by atoms with Gasteiger partial charge >= 0.3 is 0 Å². The van der Waals surface area contributed by atoms with Gasteiger partial charge in [0.05, 0.1) is 5.41 Å². The topological polar surface area (TPSA) is 34.1 Å². The molecule has 0 spiro atoms. The molecule has 0 bridgehead atoms. The van der Waals surface area contributed by atoms with Crippen molar-refractivity contribution in [2.24, 2.45) is 0 Å². The van der Waals surface area contributed by atoms with Gasteiger partial charge < -0.3 is 0 Å². The summed E-state index contributed by atoms with van der Waals surface area (Å²) in [6.45, 7) is 0. The quantitative estimate of drug-likeness (QED) is 0.129. The monoisotopic (exact) mass is 602 g/mol. The largest absolute Gasteiger partial charge is 0.294 e. The Kier molecular flexibility index (Phi) is 7.71. The second kappa shape index (κ2) is 12.3. The molecule has 0 amide bonds. The first kappa shape index (κ1) is 29.5. The van der Waals surface area contributed by atoms with Gasteiger partial charge in [-0.3, -0.25) is 9.59 Å². The highest BCUT2D eigenvalue weighted by Crippen LogP contribution is 2.55. The molecule has 7 rings (SSSR count). The van der Waals surface area contributed by atoms with Crippen molar-refractivity contribution in [1.82, 2.24) is 0 Å². The van der Waals surface area contributed by atoms with E-state index in [1.807, 2.05) is 0 Å². The summed E-state index contributed by atoms with van der Waals surface area (Å²) in [6.07, 6.45) is 11.6. The van der Waals surface area contributed by atoms with Gasteiger partial charge in [-0.1, -0.05) is 133 Å². The van der Waals surface area contributed by atoms with Crippen molar-refractivity contribution in [3.8, 4) is 35.8 Å². The first-order valence-corrected chi connectivity index (χ1v) is 15.6. The smallest absolute Gasteiger partial charge is 0.167 e. The molecule has 0 N–H and O–H groups in total. The number of carbonyl (C=O) groups excluding carboxylic acids is 2. The normalized spacial score (nSPS) is 12.3. The number of carbonyl (C=O) groups is 2. The van der Waals surface area contributed by atoms with Crippen LogP contribution < -0.4 is 0 Å². The zero-order chi connectivity index (χ0) is 32.4. The number of hydrogen-bond donors (Lipinski definition) is 0. The number of fused-ring (bicyclic) bond motifs is 3. The minimum atomic E-state index is -0.575. The fourth-order valence-corrected chi connectivity index (χ4v) is 6.85. The Balaban J connectivity index is 1.26. The molecule has 6 aromatic rings. The molecule has 0 heterocycles. The van der Waals surface area contributed by atoms with Crippen molar-refractivity contribution >= 4 is 11.6 Å². The summed E-state index contributed by atoms with van der Waals surface area (Å²) in [5, 5.41) is 0. The van der Waals surface area contributed by atoms with Gasteiger partial charge in [0.25, 0.3) is 0 Å². The van der Waals surface area contributed by atoms with Crippen molar-refractivity contribution in [3.05, 3.63) is 201 Å². The summed E-state index contributed by atoms with van der Waals surface area (Å²) in [4.78, 5) is 26.2. The SMILES string of the molecule is C#Cc1ccc(C(=O)Cc2ccc(C3(c4ccc(CC(=O)c5ccc(C#C)cc5)cc4)c4ccccc4-c4ccccc43)cc2)cc1. The minimum Gasteiger partial charge on any atom is -0.294 e. The molecule has 0 atom stereocenters. The van der Waals surface area contributed by atoms with Crippen LogP contribution in [0.25, 0.3) is 11.1 Å². The van der Waals surface area contributed by atoms with Gasteiger partial charge in [-0.25, -0.2) is 0 Å². The molecule has 0 fully saturated rings. The summed E-state index contributed by atoms with van der Waals surface area (Å²) < 4.78 is 0. The molecule has 0 aromatic heterocycles. The molecule has 0 radical (unpaired) electrons. The molecule has 0 saturated heterocycles. The van der Waals surface area contributed by atoms with Crippen molar-refractivity contribution in [3.63, 3.8) is 0 Å². The fourth-order valence-electron chi connectivity index (χ4n) is 6.85. The minimum absolute atomic E-state index is 0.0460. The second-order valence-corrected chi connectivity index (χ2v) is 11.9. The van der Waals surface area contributed by atoms with Gasteiger partial charge in [-0.15, -0.1) is 12.8 Å². The van der Waals surface area contributed by atoms with Crippen LogP contribution in [-0.4, -0.2) is 11.6 Å². The molecular formula is C45H30O2. The van der Waals surface area contributed by atoms with E-state index < -0.39 is 5.41 Å². The summed E-state index contributed by atoms with van der Waals surface area (Å²) in [5.41, 5.74) is 11.1. The third kappa shape index (κ3) is 5.27. The van der Waals surface area contributed by atoms with Crippen LogP contribution in [0.15, 0.2) is 146 Å². The molecule has 0 saturated carbocycles. The number of terminal acetylenes is 2. The predicted molar refractivity (Wildman–Crippen MR) is 189 cm³/mol. The molecular weight excluding hydrogens is 572 g/mol. The first-order valence-electron chi connectivity index (χ1n) is 15.6. The van der Waals surface area contributed by atoms with Crippen LogP contribution in [0.4, 0.5) is 0 Å². The predicted octanol–water partition coefficient (Wildman–Crippen LogP) is 8.86. The van der Waals surface area contributed by atoms with Crippen LogP contribution in [0, 0.1) is 24.7 Å². The maximum atomic E-state index is 13.1. The van der Waals surface area contributed by atoms with Crippen LogP contribution in [0.3, 0.4) is 0 Å². The average molecular weight is 603 g/mol. The molecule has 2 heteroatoms. The van der Waals surface area contributed by atoms with E-state index in [1.54, 1.807) is 48.5 Å². The van der Waals surface area contributed by atoms with Crippen molar-refractivity contribution in [1.29, 1.82) is 0 Å². The van der Waals surface area contributed by atoms with E-state index in [4.69, 9.17) is 12.8 Å². The van der Waals surface area contributed by atoms with Gasteiger partial charge in [0.1, 0.15) is 0 Å². The zero-order valence-electron chi connectivity index (χ0n) is 25.7. The van der Waals surface area contributed by atoms with Gasteiger partial charge in [-0.2, -0.15) is 0 Å². The Morgan fingerprint density at radius 3 is 1.19 bits per heavy atom. The molecule has 1 aliphatic carbocycles. The summed E-state index contributed by atoms with van der Waals surface area (Å²) >= 11 is 0. The number of ketones is 2. The molecule has 2 nitrogen and oxygen atoms in total. The molecule has 1 aliphatic rings. The van der Waals surface area contributed by atoms with Crippen LogP contribution in [-0.2, 0) is 18.3 Å². The van der Waals surface area contributed by atoms with Gasteiger partial charge in [0, 0.05) is 35.1 Å². The third-order valence-electron chi connectivity index (χ3n) is 9.20. The molecule has 47 heavy (non-hydrogen) atoms. The van der Waals surface area contributed by atoms with Gasteiger partial charge in [0.2, 0.25) is 0 Å². The van der Waals surface area contributed by atoms with E-state index in [1.165, 1.54) is 22.3 Å². The Morgan fingerprint density at radius 2 is 0.830 bits per heavy atom. The molecule has 0 aliphatic heterocycles. The lowest BCUT2D eigenvalue weighted by Crippen LogP contribution is -2.28. The summed E-state index contributed by atoms with van der Waals surface area (Å²) in [6, 6.07) is 48.4. The Hall–Kier alpha value is -6.22. The zero-order valence-corrected chi connectivity index (χ0v) is 25.7. The van der Waals surface area contributed by atoms with Gasteiger partial charge in [-0.05, 0) is 68.8 Å².